The van der Waals surface area contributed by atoms with Crippen LogP contribution in [0.2, 0.25) is 0 Å². The molecule has 368 valence electrons. The number of aliphatic hydroxyl groups excluding tert-OH is 5. The SMILES string of the molecule is CC/C=C\C/C=C\C/C=C\C/C=C\CCCCCCCCCCC(=O)NC(COC1OC(CO)C(O)C(O)C1O)C(O)CCCCCCCCCCCCCCCCCCCCC. The lowest BCUT2D eigenvalue weighted by molar-refractivity contribution is -0.302. The summed E-state index contributed by atoms with van der Waals surface area (Å²) in [5.41, 5.74) is 0. The van der Waals surface area contributed by atoms with E-state index in [9.17, 15) is 30.3 Å². The van der Waals surface area contributed by atoms with Gasteiger partial charge in [-0.15, -0.1) is 0 Å². The maximum Gasteiger partial charge on any atom is 0.220 e. The smallest absolute Gasteiger partial charge is 0.220 e. The minimum atomic E-state index is -1.56. The van der Waals surface area contributed by atoms with Crippen LogP contribution in [-0.2, 0) is 14.3 Å². The second-order valence-corrected chi connectivity index (χ2v) is 18.3. The van der Waals surface area contributed by atoms with Crippen LogP contribution in [0.5, 0.6) is 0 Å². The number of hydrogen-bond acceptors (Lipinski definition) is 8. The summed E-state index contributed by atoms with van der Waals surface area (Å²) < 4.78 is 11.3. The van der Waals surface area contributed by atoms with E-state index in [-0.39, 0.29) is 12.5 Å². The van der Waals surface area contributed by atoms with Crippen LogP contribution in [-0.4, -0.2) is 87.5 Å². The molecule has 9 heteroatoms. The van der Waals surface area contributed by atoms with Gasteiger partial charge >= 0.3 is 0 Å². The molecule has 63 heavy (non-hydrogen) atoms. The molecule has 0 aromatic heterocycles. The van der Waals surface area contributed by atoms with Crippen molar-refractivity contribution < 1.29 is 39.8 Å². The van der Waals surface area contributed by atoms with Gasteiger partial charge in [0.15, 0.2) is 6.29 Å². The molecule has 0 aromatic rings. The molecule has 1 fully saturated rings. The third kappa shape index (κ3) is 34.2. The molecule has 0 spiro atoms. The lowest BCUT2D eigenvalue weighted by Crippen LogP contribution is -2.60. The van der Waals surface area contributed by atoms with E-state index >= 15 is 0 Å². The highest BCUT2D eigenvalue weighted by Crippen LogP contribution is 2.23. The molecule has 6 N–H and O–H groups in total. The normalized spacial score (nSPS) is 20.5. The van der Waals surface area contributed by atoms with Gasteiger partial charge in [0.05, 0.1) is 25.4 Å². The first kappa shape index (κ1) is 59.2. The summed E-state index contributed by atoms with van der Waals surface area (Å²) in [4.78, 5) is 13.0. The first-order chi connectivity index (χ1) is 30.8. The molecular weight excluding hydrogens is 791 g/mol. The molecule has 1 saturated heterocycles. The average Bonchev–Trinajstić information content (AvgIpc) is 3.28. The maximum absolute atomic E-state index is 13.0. The Balaban J connectivity index is 2.27. The number of allylic oxidation sites excluding steroid dienone is 8. The maximum atomic E-state index is 13.0. The number of unbranched alkanes of at least 4 members (excludes halogenated alkanes) is 26. The standard InChI is InChI=1S/C54H99NO8/c1-3-5-7-9-11-13-15-17-19-21-23-24-26-28-30-32-34-36-38-40-42-44-50(58)55-47(46-62-54-53(61)52(60)51(59)49(45-56)63-54)48(57)43-41-39-37-35-33-31-29-27-25-22-20-18-16-14-12-10-8-6-4-2/h5,7,11,13,17,19,23-24,47-49,51-54,56-57,59-61H,3-4,6,8-10,12,14-16,18,20-22,25-46H2,1-2H3,(H,55,58)/b7-5-,13-11-,19-17-,24-23-. The van der Waals surface area contributed by atoms with Crippen molar-refractivity contribution in [2.75, 3.05) is 13.2 Å². The van der Waals surface area contributed by atoms with Crippen molar-refractivity contribution in [2.24, 2.45) is 0 Å². The van der Waals surface area contributed by atoms with Crippen molar-refractivity contribution in [1.29, 1.82) is 0 Å². The molecule has 1 aliphatic rings. The van der Waals surface area contributed by atoms with Crippen molar-refractivity contribution >= 4 is 5.91 Å². The van der Waals surface area contributed by atoms with Gasteiger partial charge in [0.2, 0.25) is 5.91 Å². The lowest BCUT2D eigenvalue weighted by atomic mass is 9.99. The van der Waals surface area contributed by atoms with Crippen molar-refractivity contribution in [3.8, 4) is 0 Å². The van der Waals surface area contributed by atoms with Gasteiger partial charge in [0.1, 0.15) is 24.4 Å². The van der Waals surface area contributed by atoms with Gasteiger partial charge in [-0.25, -0.2) is 0 Å². The van der Waals surface area contributed by atoms with Crippen LogP contribution in [0.4, 0.5) is 0 Å². The first-order valence-corrected chi connectivity index (χ1v) is 26.3. The zero-order valence-corrected chi connectivity index (χ0v) is 40.6. The Bertz CT molecular complexity index is 1130. The second-order valence-electron chi connectivity index (χ2n) is 18.3. The third-order valence-electron chi connectivity index (χ3n) is 12.4. The van der Waals surface area contributed by atoms with E-state index < -0.39 is 49.5 Å². The predicted molar refractivity (Wildman–Crippen MR) is 263 cm³/mol. The van der Waals surface area contributed by atoms with Crippen molar-refractivity contribution in [1.82, 2.24) is 5.32 Å². The number of rotatable bonds is 44. The number of carbonyl (C=O) groups is 1. The number of aliphatic hydroxyl groups is 5. The Morgan fingerprint density at radius 1 is 0.556 bits per heavy atom. The monoisotopic (exact) mass is 890 g/mol. The minimum Gasteiger partial charge on any atom is -0.394 e. The molecule has 0 saturated carbocycles. The molecule has 7 unspecified atom stereocenters. The van der Waals surface area contributed by atoms with Gasteiger partial charge in [0.25, 0.3) is 0 Å². The second kappa shape index (κ2) is 44.0. The summed E-state index contributed by atoms with van der Waals surface area (Å²) in [6.07, 6.45) is 49.7. The molecular formula is C54H99NO8. The summed E-state index contributed by atoms with van der Waals surface area (Å²) in [5.74, 6) is -0.152. The zero-order chi connectivity index (χ0) is 45.9. The highest BCUT2D eigenvalue weighted by molar-refractivity contribution is 5.76. The average molecular weight is 890 g/mol. The molecule has 0 aliphatic carbocycles. The summed E-state index contributed by atoms with van der Waals surface area (Å²) in [5, 5.41) is 54.6. The molecule has 0 bridgehead atoms. The van der Waals surface area contributed by atoms with Gasteiger partial charge in [-0.05, 0) is 51.4 Å². The van der Waals surface area contributed by atoms with E-state index in [1.54, 1.807) is 0 Å². The van der Waals surface area contributed by atoms with Crippen LogP contribution in [0.15, 0.2) is 48.6 Å². The summed E-state index contributed by atoms with van der Waals surface area (Å²) in [7, 11) is 0. The van der Waals surface area contributed by atoms with Crippen molar-refractivity contribution in [2.45, 2.75) is 275 Å². The molecule has 1 heterocycles. The Morgan fingerprint density at radius 3 is 1.46 bits per heavy atom. The van der Waals surface area contributed by atoms with Gasteiger partial charge in [-0.1, -0.05) is 223 Å². The van der Waals surface area contributed by atoms with E-state index in [1.165, 1.54) is 135 Å². The molecule has 0 radical (unpaired) electrons. The van der Waals surface area contributed by atoms with Crippen LogP contribution >= 0.6 is 0 Å². The van der Waals surface area contributed by atoms with E-state index in [0.29, 0.717) is 12.8 Å². The summed E-state index contributed by atoms with van der Waals surface area (Å²) in [6, 6.07) is -0.725. The van der Waals surface area contributed by atoms with E-state index in [4.69, 9.17) is 9.47 Å². The molecule has 7 atom stereocenters. The number of amides is 1. The highest BCUT2D eigenvalue weighted by atomic mass is 16.7. The van der Waals surface area contributed by atoms with Crippen LogP contribution in [0.1, 0.15) is 232 Å². The van der Waals surface area contributed by atoms with E-state index in [1.807, 2.05) is 0 Å². The lowest BCUT2D eigenvalue weighted by Gasteiger charge is -2.40. The minimum absolute atomic E-state index is 0.142. The van der Waals surface area contributed by atoms with Gasteiger partial charge in [-0.2, -0.15) is 0 Å². The molecule has 9 nitrogen and oxygen atoms in total. The quantitative estimate of drug-likeness (QED) is 0.0262. The fraction of sp³-hybridized carbons (Fsp3) is 0.833. The molecule has 1 aliphatic heterocycles. The third-order valence-corrected chi connectivity index (χ3v) is 12.4. The summed E-state index contributed by atoms with van der Waals surface area (Å²) in [6.45, 7) is 3.73. The Morgan fingerprint density at radius 2 is 0.984 bits per heavy atom. The number of carbonyl (C=O) groups excluding carboxylic acids is 1. The number of hydrogen-bond donors (Lipinski definition) is 6. The summed E-state index contributed by atoms with van der Waals surface area (Å²) >= 11 is 0. The number of ether oxygens (including phenoxy) is 2. The number of nitrogens with one attached hydrogen (secondary N) is 1. The molecule has 0 aromatic carbocycles. The van der Waals surface area contributed by atoms with Crippen LogP contribution in [0.3, 0.4) is 0 Å². The predicted octanol–water partition coefficient (Wildman–Crippen LogP) is 12.2. The fourth-order valence-corrected chi connectivity index (χ4v) is 8.27. The first-order valence-electron chi connectivity index (χ1n) is 26.3. The topological polar surface area (TPSA) is 149 Å². The van der Waals surface area contributed by atoms with Crippen LogP contribution < -0.4 is 5.32 Å². The van der Waals surface area contributed by atoms with Gasteiger partial charge < -0.3 is 40.3 Å². The Kier molecular flexibility index (Phi) is 41.3. The van der Waals surface area contributed by atoms with Crippen molar-refractivity contribution in [3.63, 3.8) is 0 Å². The molecule has 1 rings (SSSR count). The zero-order valence-electron chi connectivity index (χ0n) is 40.6. The van der Waals surface area contributed by atoms with Gasteiger partial charge in [-0.3, -0.25) is 4.79 Å². The van der Waals surface area contributed by atoms with E-state index in [2.05, 4.69) is 67.8 Å². The van der Waals surface area contributed by atoms with E-state index in [0.717, 1.165) is 70.6 Å². The fourth-order valence-electron chi connectivity index (χ4n) is 8.27. The molecule has 1 amide bonds. The Labute approximate surface area is 386 Å². The van der Waals surface area contributed by atoms with Crippen LogP contribution in [0, 0.1) is 0 Å². The highest BCUT2D eigenvalue weighted by Gasteiger charge is 2.44. The Hall–Kier alpha value is -1.85. The van der Waals surface area contributed by atoms with Gasteiger partial charge in [0, 0.05) is 6.42 Å². The largest absolute Gasteiger partial charge is 0.394 e. The van der Waals surface area contributed by atoms with Crippen molar-refractivity contribution in [3.05, 3.63) is 48.6 Å². The van der Waals surface area contributed by atoms with Crippen LogP contribution in [0.25, 0.3) is 0 Å².